The fraction of sp³-hybridized carbons (Fsp3) is 0.200. The van der Waals surface area contributed by atoms with Crippen molar-refractivity contribution in [3.63, 3.8) is 0 Å². The molecule has 0 fully saturated rings. The van der Waals surface area contributed by atoms with E-state index in [4.69, 9.17) is 0 Å². The zero-order chi connectivity index (χ0) is 18.6. The van der Waals surface area contributed by atoms with Gasteiger partial charge in [0.25, 0.3) is 5.91 Å². The highest BCUT2D eigenvalue weighted by Crippen LogP contribution is 2.15. The van der Waals surface area contributed by atoms with E-state index in [2.05, 4.69) is 32.1 Å². The van der Waals surface area contributed by atoms with Crippen LogP contribution >= 0.6 is 0 Å². The van der Waals surface area contributed by atoms with Gasteiger partial charge < -0.3 is 9.88 Å². The SMILES string of the molecule is CCn1c(CNC(=O)c2cn(Cc3ccccc3)nn2)nc2ccccc21. The molecule has 27 heavy (non-hydrogen) atoms. The number of carbonyl (C=O) groups excluding carboxylic acids is 1. The van der Waals surface area contributed by atoms with Crippen LogP contribution < -0.4 is 5.32 Å². The Bertz CT molecular complexity index is 1070. The Morgan fingerprint density at radius 2 is 1.85 bits per heavy atom. The van der Waals surface area contributed by atoms with Crippen molar-refractivity contribution in [1.29, 1.82) is 0 Å². The minimum absolute atomic E-state index is 0.260. The third-order valence-electron chi connectivity index (χ3n) is 4.42. The normalized spacial score (nSPS) is 11.0. The van der Waals surface area contributed by atoms with E-state index in [-0.39, 0.29) is 5.91 Å². The molecule has 1 amide bonds. The van der Waals surface area contributed by atoms with Crippen molar-refractivity contribution in [2.45, 2.75) is 26.6 Å². The highest BCUT2D eigenvalue weighted by atomic mass is 16.2. The molecule has 2 aromatic heterocycles. The van der Waals surface area contributed by atoms with Gasteiger partial charge in [-0.2, -0.15) is 0 Å². The van der Waals surface area contributed by atoms with E-state index < -0.39 is 0 Å². The van der Waals surface area contributed by atoms with Crippen LogP contribution in [0.25, 0.3) is 11.0 Å². The highest BCUT2D eigenvalue weighted by Gasteiger charge is 2.14. The predicted molar refractivity (Wildman–Crippen MR) is 102 cm³/mol. The number of hydrogen-bond donors (Lipinski definition) is 1. The maximum Gasteiger partial charge on any atom is 0.273 e. The molecule has 0 aliphatic heterocycles. The van der Waals surface area contributed by atoms with Crippen LogP contribution in [0.2, 0.25) is 0 Å². The maximum atomic E-state index is 12.4. The van der Waals surface area contributed by atoms with Gasteiger partial charge >= 0.3 is 0 Å². The first-order valence-corrected chi connectivity index (χ1v) is 8.91. The standard InChI is InChI=1S/C20H20N6O/c1-2-26-18-11-7-6-10-16(18)22-19(26)12-21-20(27)17-14-25(24-23-17)13-15-8-4-3-5-9-15/h3-11,14H,2,12-13H2,1H3,(H,21,27). The Morgan fingerprint density at radius 1 is 1.07 bits per heavy atom. The molecule has 7 nitrogen and oxygen atoms in total. The number of carbonyl (C=O) groups is 1. The number of hydrogen-bond acceptors (Lipinski definition) is 4. The lowest BCUT2D eigenvalue weighted by molar-refractivity contribution is 0.0944. The van der Waals surface area contributed by atoms with Gasteiger partial charge in [-0.3, -0.25) is 4.79 Å². The molecule has 0 bridgehead atoms. The van der Waals surface area contributed by atoms with Crippen LogP contribution in [0.1, 0.15) is 28.8 Å². The van der Waals surface area contributed by atoms with Crippen molar-refractivity contribution >= 4 is 16.9 Å². The number of rotatable bonds is 6. The van der Waals surface area contributed by atoms with Gasteiger partial charge in [0.05, 0.1) is 30.3 Å². The number of fused-ring (bicyclic) bond motifs is 1. The summed E-state index contributed by atoms with van der Waals surface area (Å²) in [5.74, 6) is 0.563. The van der Waals surface area contributed by atoms with Crippen LogP contribution in [-0.2, 0) is 19.6 Å². The molecular formula is C20H20N6O. The molecule has 4 rings (SSSR count). The first-order valence-electron chi connectivity index (χ1n) is 8.91. The van der Waals surface area contributed by atoms with Crippen LogP contribution in [0.3, 0.4) is 0 Å². The maximum absolute atomic E-state index is 12.4. The van der Waals surface area contributed by atoms with E-state index in [0.29, 0.717) is 18.8 Å². The lowest BCUT2D eigenvalue weighted by atomic mass is 10.2. The Kier molecular flexibility index (Phi) is 4.65. The Hall–Kier alpha value is -3.48. The van der Waals surface area contributed by atoms with E-state index in [1.807, 2.05) is 54.6 Å². The van der Waals surface area contributed by atoms with E-state index in [1.54, 1.807) is 10.9 Å². The van der Waals surface area contributed by atoms with Crippen molar-refractivity contribution in [3.8, 4) is 0 Å². The lowest BCUT2D eigenvalue weighted by Crippen LogP contribution is -2.25. The fourth-order valence-electron chi connectivity index (χ4n) is 3.11. The molecule has 0 saturated heterocycles. The lowest BCUT2D eigenvalue weighted by Gasteiger charge is -2.06. The second kappa shape index (κ2) is 7.41. The number of imidazole rings is 1. The second-order valence-electron chi connectivity index (χ2n) is 6.23. The average molecular weight is 360 g/mol. The van der Waals surface area contributed by atoms with Crippen molar-refractivity contribution < 1.29 is 4.79 Å². The summed E-state index contributed by atoms with van der Waals surface area (Å²) in [6.07, 6.45) is 1.66. The first kappa shape index (κ1) is 17.0. The highest BCUT2D eigenvalue weighted by molar-refractivity contribution is 5.91. The van der Waals surface area contributed by atoms with E-state index in [9.17, 15) is 4.79 Å². The van der Waals surface area contributed by atoms with Crippen LogP contribution in [0.5, 0.6) is 0 Å². The Balaban J connectivity index is 1.44. The molecule has 7 heteroatoms. The number of aromatic nitrogens is 5. The molecule has 0 radical (unpaired) electrons. The molecule has 0 aliphatic rings. The summed E-state index contributed by atoms with van der Waals surface area (Å²) in [7, 11) is 0. The van der Waals surface area contributed by atoms with Crippen molar-refractivity contribution in [1.82, 2.24) is 29.9 Å². The van der Waals surface area contributed by atoms with Gasteiger partial charge in [-0.15, -0.1) is 5.10 Å². The molecule has 2 heterocycles. The minimum Gasteiger partial charge on any atom is -0.343 e. The van der Waals surface area contributed by atoms with Gasteiger partial charge in [0, 0.05) is 6.54 Å². The summed E-state index contributed by atoms with van der Waals surface area (Å²) in [5, 5.41) is 10.9. The van der Waals surface area contributed by atoms with Crippen molar-refractivity contribution in [2.24, 2.45) is 0 Å². The summed E-state index contributed by atoms with van der Waals surface area (Å²) < 4.78 is 3.76. The number of nitrogens with one attached hydrogen (secondary N) is 1. The monoisotopic (exact) mass is 360 g/mol. The summed E-state index contributed by atoms with van der Waals surface area (Å²) in [4.78, 5) is 17.1. The summed E-state index contributed by atoms with van der Waals surface area (Å²) in [6.45, 7) is 3.77. The Labute approximate surface area is 156 Å². The summed E-state index contributed by atoms with van der Waals surface area (Å²) in [6, 6.07) is 17.9. The van der Waals surface area contributed by atoms with Crippen LogP contribution in [-0.4, -0.2) is 30.5 Å². The molecular weight excluding hydrogens is 340 g/mol. The zero-order valence-electron chi connectivity index (χ0n) is 15.0. The van der Waals surface area contributed by atoms with E-state index in [1.165, 1.54) is 0 Å². The molecule has 2 aromatic carbocycles. The molecule has 4 aromatic rings. The van der Waals surface area contributed by atoms with Gasteiger partial charge in [0.1, 0.15) is 5.82 Å². The molecule has 136 valence electrons. The first-order chi connectivity index (χ1) is 13.2. The Morgan fingerprint density at radius 3 is 2.67 bits per heavy atom. The second-order valence-corrected chi connectivity index (χ2v) is 6.23. The molecule has 1 N–H and O–H groups in total. The topological polar surface area (TPSA) is 77.6 Å². The number of benzene rings is 2. The predicted octanol–water partition coefficient (Wildman–Crippen LogP) is 2.63. The van der Waals surface area contributed by atoms with Gasteiger partial charge in [0.2, 0.25) is 0 Å². The van der Waals surface area contributed by atoms with Gasteiger partial charge in [0.15, 0.2) is 5.69 Å². The van der Waals surface area contributed by atoms with Crippen LogP contribution in [0, 0.1) is 0 Å². The largest absolute Gasteiger partial charge is 0.343 e. The van der Waals surface area contributed by atoms with E-state index >= 15 is 0 Å². The number of aryl methyl sites for hydroxylation is 1. The third-order valence-corrected chi connectivity index (χ3v) is 4.42. The fourth-order valence-corrected chi connectivity index (χ4v) is 3.11. The minimum atomic E-state index is -0.260. The molecule has 0 aliphatic carbocycles. The van der Waals surface area contributed by atoms with Crippen LogP contribution in [0.4, 0.5) is 0 Å². The smallest absolute Gasteiger partial charge is 0.273 e. The quantitative estimate of drug-likeness (QED) is 0.573. The van der Waals surface area contributed by atoms with Gasteiger partial charge in [-0.05, 0) is 24.6 Å². The van der Waals surface area contributed by atoms with Gasteiger partial charge in [-0.1, -0.05) is 47.7 Å². The molecule has 0 saturated carbocycles. The number of para-hydroxylation sites is 2. The average Bonchev–Trinajstić information content (AvgIpc) is 3.31. The molecule has 0 atom stereocenters. The summed E-state index contributed by atoms with van der Waals surface area (Å²) >= 11 is 0. The van der Waals surface area contributed by atoms with Crippen LogP contribution in [0.15, 0.2) is 60.8 Å². The number of nitrogens with zero attached hydrogens (tertiary/aromatic N) is 5. The van der Waals surface area contributed by atoms with Gasteiger partial charge in [-0.25, -0.2) is 9.67 Å². The third kappa shape index (κ3) is 3.57. The van der Waals surface area contributed by atoms with Crippen molar-refractivity contribution in [2.75, 3.05) is 0 Å². The molecule has 0 spiro atoms. The van der Waals surface area contributed by atoms with Crippen molar-refractivity contribution in [3.05, 3.63) is 77.9 Å². The zero-order valence-corrected chi connectivity index (χ0v) is 15.0. The summed E-state index contributed by atoms with van der Waals surface area (Å²) in [5.41, 5.74) is 3.39. The molecule has 0 unspecified atom stereocenters. The van der Waals surface area contributed by atoms with E-state index in [0.717, 1.165) is 29.0 Å². The number of amides is 1.